The number of sulfone groups is 1. The largest absolute Gasteiger partial charge is 0.380 e. The summed E-state index contributed by atoms with van der Waals surface area (Å²) in [5.74, 6) is 0.566. The molecule has 0 bridgehead atoms. The van der Waals surface area contributed by atoms with Crippen molar-refractivity contribution in [3.8, 4) is 0 Å². The molecule has 1 fully saturated rings. The van der Waals surface area contributed by atoms with Crippen LogP contribution in [0.25, 0.3) is 0 Å². The molecule has 1 saturated heterocycles. The second-order valence-corrected chi connectivity index (χ2v) is 6.91. The van der Waals surface area contributed by atoms with Gasteiger partial charge in [0.25, 0.3) is 0 Å². The van der Waals surface area contributed by atoms with Crippen molar-refractivity contribution in [2.24, 2.45) is 0 Å². The lowest BCUT2D eigenvalue weighted by Crippen LogP contribution is -2.35. The minimum absolute atomic E-state index is 0.0250. The van der Waals surface area contributed by atoms with Crippen LogP contribution in [0.1, 0.15) is 24.2 Å². The standard InChI is InChI=1S/C12H18N2O2S/c1-9-5-6-12(10(2)13-9)14-11-4-3-7-17(15,16)8-11/h5-6,11,14H,3-4,7-8H2,1-2H3. The van der Waals surface area contributed by atoms with Crippen LogP contribution in [0.3, 0.4) is 0 Å². The molecule has 5 heteroatoms. The van der Waals surface area contributed by atoms with Crippen LogP contribution in [0.4, 0.5) is 5.69 Å². The highest BCUT2D eigenvalue weighted by molar-refractivity contribution is 7.91. The maximum absolute atomic E-state index is 11.5. The van der Waals surface area contributed by atoms with Gasteiger partial charge in [-0.2, -0.15) is 0 Å². The number of nitrogens with zero attached hydrogens (tertiary/aromatic N) is 1. The average Bonchev–Trinajstić information content (AvgIpc) is 2.21. The Hall–Kier alpha value is -1.10. The van der Waals surface area contributed by atoms with E-state index in [1.807, 2.05) is 26.0 Å². The van der Waals surface area contributed by atoms with Gasteiger partial charge in [-0.25, -0.2) is 8.42 Å². The maximum atomic E-state index is 11.5. The summed E-state index contributed by atoms with van der Waals surface area (Å²) in [6.07, 6.45) is 1.66. The molecule has 1 aromatic rings. The van der Waals surface area contributed by atoms with Gasteiger partial charge in [0.1, 0.15) is 0 Å². The van der Waals surface area contributed by atoms with Gasteiger partial charge in [-0.15, -0.1) is 0 Å². The van der Waals surface area contributed by atoms with Crippen molar-refractivity contribution in [3.63, 3.8) is 0 Å². The summed E-state index contributed by atoms with van der Waals surface area (Å²) in [5, 5.41) is 3.29. The van der Waals surface area contributed by atoms with Crippen LogP contribution in [0.5, 0.6) is 0 Å². The van der Waals surface area contributed by atoms with Crippen LogP contribution in [0.15, 0.2) is 12.1 Å². The molecule has 0 amide bonds. The smallest absolute Gasteiger partial charge is 0.152 e. The number of nitrogens with one attached hydrogen (secondary N) is 1. The summed E-state index contributed by atoms with van der Waals surface area (Å²) in [5.41, 5.74) is 2.84. The minimum atomic E-state index is -2.86. The summed E-state index contributed by atoms with van der Waals surface area (Å²) in [7, 11) is -2.86. The molecule has 94 valence electrons. The normalized spacial score (nSPS) is 23.3. The van der Waals surface area contributed by atoms with Gasteiger partial charge < -0.3 is 5.32 Å². The zero-order valence-corrected chi connectivity index (χ0v) is 11.0. The monoisotopic (exact) mass is 254 g/mol. The number of aryl methyl sites for hydroxylation is 2. The second kappa shape index (κ2) is 4.64. The van der Waals surface area contributed by atoms with Gasteiger partial charge >= 0.3 is 0 Å². The fraction of sp³-hybridized carbons (Fsp3) is 0.583. The molecule has 0 aromatic carbocycles. The van der Waals surface area contributed by atoms with E-state index >= 15 is 0 Å². The van der Waals surface area contributed by atoms with E-state index in [1.54, 1.807) is 0 Å². The summed E-state index contributed by atoms with van der Waals surface area (Å²) in [6.45, 7) is 3.88. The van der Waals surface area contributed by atoms with Crippen molar-refractivity contribution < 1.29 is 8.42 Å². The summed E-state index contributed by atoms with van der Waals surface area (Å²) in [6, 6.07) is 3.93. The molecule has 0 spiro atoms. The van der Waals surface area contributed by atoms with E-state index in [0.29, 0.717) is 5.75 Å². The fourth-order valence-corrected chi connectivity index (χ4v) is 3.83. The number of rotatable bonds is 2. The Morgan fingerprint density at radius 3 is 2.76 bits per heavy atom. The van der Waals surface area contributed by atoms with Crippen molar-refractivity contribution >= 4 is 15.5 Å². The maximum Gasteiger partial charge on any atom is 0.152 e. The lowest BCUT2D eigenvalue weighted by Gasteiger charge is -2.24. The van der Waals surface area contributed by atoms with Crippen molar-refractivity contribution in [1.29, 1.82) is 0 Å². The molecule has 0 aliphatic carbocycles. The highest BCUT2D eigenvalue weighted by atomic mass is 32.2. The Morgan fingerprint density at radius 1 is 1.35 bits per heavy atom. The molecule has 17 heavy (non-hydrogen) atoms. The van der Waals surface area contributed by atoms with Crippen molar-refractivity contribution in [2.45, 2.75) is 32.7 Å². The van der Waals surface area contributed by atoms with Crippen molar-refractivity contribution in [2.75, 3.05) is 16.8 Å². The van der Waals surface area contributed by atoms with Crippen LogP contribution in [0.2, 0.25) is 0 Å². The van der Waals surface area contributed by atoms with Gasteiger partial charge in [-0.3, -0.25) is 4.98 Å². The van der Waals surface area contributed by atoms with E-state index in [9.17, 15) is 8.42 Å². The van der Waals surface area contributed by atoms with Crippen LogP contribution >= 0.6 is 0 Å². The molecule has 1 unspecified atom stereocenters. The predicted octanol–water partition coefficient (Wildman–Crippen LogP) is 1.69. The first kappa shape index (κ1) is 12.4. The highest BCUT2D eigenvalue weighted by Gasteiger charge is 2.24. The quantitative estimate of drug-likeness (QED) is 0.872. The summed E-state index contributed by atoms with van der Waals surface area (Å²) < 4.78 is 23.1. The highest BCUT2D eigenvalue weighted by Crippen LogP contribution is 2.19. The number of hydrogen-bond acceptors (Lipinski definition) is 4. The van der Waals surface area contributed by atoms with E-state index in [0.717, 1.165) is 29.9 Å². The first-order chi connectivity index (χ1) is 7.96. The Labute approximate surface area is 102 Å². The summed E-state index contributed by atoms with van der Waals surface area (Å²) in [4.78, 5) is 4.36. The molecule has 0 saturated carbocycles. The molecule has 1 aliphatic heterocycles. The Bertz CT molecular complexity index is 511. The first-order valence-electron chi connectivity index (χ1n) is 5.87. The SMILES string of the molecule is Cc1ccc(NC2CCCS(=O)(=O)C2)c(C)n1. The Balaban J connectivity index is 2.10. The van der Waals surface area contributed by atoms with Crippen LogP contribution < -0.4 is 5.32 Å². The summed E-state index contributed by atoms with van der Waals surface area (Å²) >= 11 is 0. The van der Waals surface area contributed by atoms with Crippen molar-refractivity contribution in [1.82, 2.24) is 4.98 Å². The predicted molar refractivity (Wildman–Crippen MR) is 69.0 cm³/mol. The van der Waals surface area contributed by atoms with E-state index in [-0.39, 0.29) is 11.8 Å². The number of hydrogen-bond donors (Lipinski definition) is 1. The van der Waals surface area contributed by atoms with E-state index in [1.165, 1.54) is 0 Å². The lowest BCUT2D eigenvalue weighted by atomic mass is 10.1. The molecule has 2 heterocycles. The molecule has 1 aromatic heterocycles. The molecule has 4 nitrogen and oxygen atoms in total. The number of pyridine rings is 1. The van der Waals surface area contributed by atoms with Crippen LogP contribution in [0, 0.1) is 13.8 Å². The van der Waals surface area contributed by atoms with Gasteiger partial charge in [0, 0.05) is 11.7 Å². The Kier molecular flexibility index (Phi) is 3.38. The van der Waals surface area contributed by atoms with E-state index in [2.05, 4.69) is 10.3 Å². The molecule has 1 aliphatic rings. The number of aromatic nitrogens is 1. The zero-order valence-electron chi connectivity index (χ0n) is 10.2. The fourth-order valence-electron chi connectivity index (χ4n) is 2.20. The first-order valence-corrected chi connectivity index (χ1v) is 7.70. The second-order valence-electron chi connectivity index (χ2n) is 4.68. The third-order valence-electron chi connectivity index (χ3n) is 3.05. The zero-order chi connectivity index (χ0) is 12.5. The van der Waals surface area contributed by atoms with Gasteiger partial charge in [0.15, 0.2) is 9.84 Å². The van der Waals surface area contributed by atoms with E-state index in [4.69, 9.17) is 0 Å². The van der Waals surface area contributed by atoms with Gasteiger partial charge in [0.2, 0.25) is 0 Å². The topological polar surface area (TPSA) is 59.1 Å². The molecule has 1 atom stereocenters. The Morgan fingerprint density at radius 2 is 2.12 bits per heavy atom. The lowest BCUT2D eigenvalue weighted by molar-refractivity contribution is 0.562. The average molecular weight is 254 g/mol. The third kappa shape index (κ3) is 3.19. The van der Waals surface area contributed by atoms with Crippen LogP contribution in [-0.4, -0.2) is 30.9 Å². The van der Waals surface area contributed by atoms with Crippen LogP contribution in [-0.2, 0) is 9.84 Å². The van der Waals surface area contributed by atoms with Gasteiger partial charge in [-0.05, 0) is 38.8 Å². The van der Waals surface area contributed by atoms with E-state index < -0.39 is 9.84 Å². The number of anilines is 1. The van der Waals surface area contributed by atoms with Gasteiger partial charge in [-0.1, -0.05) is 0 Å². The molecule has 0 radical (unpaired) electrons. The molecular formula is C12H18N2O2S. The van der Waals surface area contributed by atoms with Gasteiger partial charge in [0.05, 0.1) is 22.9 Å². The molecule has 1 N–H and O–H groups in total. The molecular weight excluding hydrogens is 236 g/mol. The van der Waals surface area contributed by atoms with Crippen molar-refractivity contribution in [3.05, 3.63) is 23.5 Å². The molecule has 2 rings (SSSR count). The minimum Gasteiger partial charge on any atom is -0.380 e. The third-order valence-corrected chi connectivity index (χ3v) is 4.87.